The zero-order valence-electron chi connectivity index (χ0n) is 11.1. The Morgan fingerprint density at radius 2 is 2.05 bits per heavy atom. The number of ether oxygens (including phenoxy) is 1. The molecular weight excluding hydrogens is 252 g/mol. The number of esters is 1. The van der Waals surface area contributed by atoms with Gasteiger partial charge in [0.1, 0.15) is 6.04 Å². The summed E-state index contributed by atoms with van der Waals surface area (Å²) in [5.74, 6) is -1.70. The van der Waals surface area contributed by atoms with Crippen molar-refractivity contribution in [3.05, 3.63) is 12.2 Å². The molecule has 0 aliphatic carbocycles. The van der Waals surface area contributed by atoms with Gasteiger partial charge < -0.3 is 20.5 Å². The van der Waals surface area contributed by atoms with E-state index in [-0.39, 0.29) is 12.8 Å². The van der Waals surface area contributed by atoms with Gasteiger partial charge in [0, 0.05) is 13.0 Å². The molecule has 19 heavy (non-hydrogen) atoms. The molecule has 0 rings (SSSR count). The van der Waals surface area contributed by atoms with Crippen molar-refractivity contribution in [1.82, 2.24) is 10.6 Å². The van der Waals surface area contributed by atoms with Gasteiger partial charge in [-0.2, -0.15) is 0 Å². The topological polar surface area (TPSA) is 105 Å². The highest BCUT2D eigenvalue weighted by molar-refractivity contribution is 5.83. The maximum absolute atomic E-state index is 11.4. The number of allylic oxidation sites excluding steroid dienone is 1. The Balaban J connectivity index is 4.08. The molecule has 7 heteroatoms. The second-order valence-electron chi connectivity index (χ2n) is 3.76. The van der Waals surface area contributed by atoms with E-state index in [1.807, 2.05) is 19.1 Å². The summed E-state index contributed by atoms with van der Waals surface area (Å²) < 4.78 is 4.41. The number of rotatable bonds is 8. The zero-order chi connectivity index (χ0) is 14.7. The molecule has 0 unspecified atom stereocenters. The summed E-state index contributed by atoms with van der Waals surface area (Å²) >= 11 is 0. The van der Waals surface area contributed by atoms with Crippen LogP contribution in [0.1, 0.15) is 26.2 Å². The van der Waals surface area contributed by atoms with Crippen LogP contribution in [0.4, 0.5) is 4.79 Å². The Kier molecular flexibility index (Phi) is 8.86. The van der Waals surface area contributed by atoms with E-state index in [4.69, 9.17) is 5.11 Å². The lowest BCUT2D eigenvalue weighted by atomic mass is 10.1. The number of amides is 2. The summed E-state index contributed by atoms with van der Waals surface area (Å²) in [6.07, 6.45) is 4.34. The number of urea groups is 1. The maximum atomic E-state index is 11.4. The third kappa shape index (κ3) is 8.64. The van der Waals surface area contributed by atoms with Gasteiger partial charge in [-0.15, -0.1) is 0 Å². The zero-order valence-corrected chi connectivity index (χ0v) is 11.1. The molecule has 2 amide bonds. The Bertz CT molecular complexity index is 341. The fourth-order valence-corrected chi connectivity index (χ4v) is 1.27. The summed E-state index contributed by atoms with van der Waals surface area (Å²) in [6, 6.07) is -1.68. The van der Waals surface area contributed by atoms with Gasteiger partial charge in [0.25, 0.3) is 0 Å². The molecule has 0 saturated carbocycles. The fraction of sp³-hybridized carbons (Fsp3) is 0.583. The fourth-order valence-electron chi connectivity index (χ4n) is 1.27. The van der Waals surface area contributed by atoms with Crippen LogP contribution in [0.2, 0.25) is 0 Å². The smallest absolute Gasteiger partial charge is 0.326 e. The molecule has 0 aliphatic heterocycles. The number of hydrogen-bond donors (Lipinski definition) is 3. The number of methoxy groups -OCH3 is 1. The van der Waals surface area contributed by atoms with Crippen LogP contribution in [0.15, 0.2) is 12.2 Å². The van der Waals surface area contributed by atoms with Gasteiger partial charge in [0.15, 0.2) is 0 Å². The predicted octanol–water partition coefficient (Wildman–Crippen LogP) is 0.658. The summed E-state index contributed by atoms with van der Waals surface area (Å²) in [4.78, 5) is 33.2. The van der Waals surface area contributed by atoms with Crippen molar-refractivity contribution >= 4 is 18.0 Å². The first-order valence-electron chi connectivity index (χ1n) is 5.96. The lowest BCUT2D eigenvalue weighted by Crippen LogP contribution is -2.46. The van der Waals surface area contributed by atoms with E-state index in [0.717, 1.165) is 0 Å². The van der Waals surface area contributed by atoms with Crippen molar-refractivity contribution in [3.8, 4) is 0 Å². The van der Waals surface area contributed by atoms with Crippen LogP contribution in [0.3, 0.4) is 0 Å². The molecule has 0 aromatic heterocycles. The molecule has 7 nitrogen and oxygen atoms in total. The first-order chi connectivity index (χ1) is 9.01. The van der Waals surface area contributed by atoms with Gasteiger partial charge in [0.05, 0.1) is 7.11 Å². The molecule has 0 fully saturated rings. The molecule has 0 aromatic carbocycles. The lowest BCUT2D eigenvalue weighted by Gasteiger charge is -2.14. The number of nitrogens with one attached hydrogen (secondary N) is 2. The SMILES string of the molecule is C/C=C/CCNC(=O)N[C@H](CCC(=O)OC)C(=O)O. The minimum atomic E-state index is -1.19. The number of carboxylic acids is 1. The van der Waals surface area contributed by atoms with Crippen LogP contribution in [-0.4, -0.2) is 42.8 Å². The molecule has 0 heterocycles. The van der Waals surface area contributed by atoms with Crippen molar-refractivity contribution in [2.24, 2.45) is 0 Å². The van der Waals surface area contributed by atoms with E-state index >= 15 is 0 Å². The minimum Gasteiger partial charge on any atom is -0.480 e. The first-order valence-corrected chi connectivity index (χ1v) is 5.96. The van der Waals surface area contributed by atoms with Crippen molar-refractivity contribution in [2.45, 2.75) is 32.2 Å². The van der Waals surface area contributed by atoms with E-state index in [1.54, 1.807) is 0 Å². The lowest BCUT2D eigenvalue weighted by molar-refractivity contribution is -0.142. The van der Waals surface area contributed by atoms with Crippen LogP contribution < -0.4 is 10.6 Å². The van der Waals surface area contributed by atoms with Gasteiger partial charge in [0.2, 0.25) is 0 Å². The molecule has 0 saturated heterocycles. The van der Waals surface area contributed by atoms with Crippen LogP contribution in [0.5, 0.6) is 0 Å². The Labute approximate surface area is 112 Å². The van der Waals surface area contributed by atoms with Crippen molar-refractivity contribution in [1.29, 1.82) is 0 Å². The average Bonchev–Trinajstić information content (AvgIpc) is 2.38. The highest BCUT2D eigenvalue weighted by atomic mass is 16.5. The number of aliphatic carboxylic acids is 1. The molecule has 0 aliphatic rings. The summed E-state index contributed by atoms with van der Waals surface area (Å²) in [6.45, 7) is 2.28. The normalized spacial score (nSPS) is 11.9. The second-order valence-corrected chi connectivity index (χ2v) is 3.76. The predicted molar refractivity (Wildman–Crippen MR) is 68.6 cm³/mol. The van der Waals surface area contributed by atoms with Crippen LogP contribution in [0, 0.1) is 0 Å². The van der Waals surface area contributed by atoms with Crippen molar-refractivity contribution in [2.75, 3.05) is 13.7 Å². The van der Waals surface area contributed by atoms with E-state index in [9.17, 15) is 14.4 Å². The van der Waals surface area contributed by atoms with Crippen LogP contribution in [-0.2, 0) is 14.3 Å². The molecule has 0 radical (unpaired) electrons. The number of carbonyl (C=O) groups excluding carboxylic acids is 2. The third-order valence-electron chi connectivity index (χ3n) is 2.30. The molecule has 3 N–H and O–H groups in total. The number of carboxylic acid groups (broad SMARTS) is 1. The highest BCUT2D eigenvalue weighted by Gasteiger charge is 2.20. The molecule has 0 bridgehead atoms. The Morgan fingerprint density at radius 1 is 1.37 bits per heavy atom. The summed E-state index contributed by atoms with van der Waals surface area (Å²) in [7, 11) is 1.22. The molecular formula is C12H20N2O5. The van der Waals surface area contributed by atoms with Gasteiger partial charge in [-0.05, 0) is 19.8 Å². The van der Waals surface area contributed by atoms with Crippen molar-refractivity contribution < 1.29 is 24.2 Å². The van der Waals surface area contributed by atoms with Gasteiger partial charge >= 0.3 is 18.0 Å². The average molecular weight is 272 g/mol. The number of carbonyl (C=O) groups is 3. The molecule has 1 atom stereocenters. The minimum absolute atomic E-state index is 0.00963. The monoisotopic (exact) mass is 272 g/mol. The molecule has 0 spiro atoms. The van der Waals surface area contributed by atoms with Gasteiger partial charge in [-0.25, -0.2) is 9.59 Å². The van der Waals surface area contributed by atoms with Crippen LogP contribution in [0.25, 0.3) is 0 Å². The Hall–Kier alpha value is -2.05. The van der Waals surface area contributed by atoms with Crippen LogP contribution >= 0.6 is 0 Å². The van der Waals surface area contributed by atoms with E-state index < -0.39 is 24.0 Å². The van der Waals surface area contributed by atoms with E-state index in [2.05, 4.69) is 15.4 Å². The summed E-state index contributed by atoms with van der Waals surface area (Å²) in [5, 5.41) is 13.7. The first kappa shape index (κ1) is 16.9. The van der Waals surface area contributed by atoms with Gasteiger partial charge in [-0.3, -0.25) is 4.79 Å². The largest absolute Gasteiger partial charge is 0.480 e. The second kappa shape index (κ2) is 9.93. The summed E-state index contributed by atoms with van der Waals surface area (Å²) in [5.41, 5.74) is 0. The Morgan fingerprint density at radius 3 is 2.58 bits per heavy atom. The molecule has 0 aromatic rings. The van der Waals surface area contributed by atoms with E-state index in [1.165, 1.54) is 7.11 Å². The maximum Gasteiger partial charge on any atom is 0.326 e. The standard InChI is InChI=1S/C12H20N2O5/c1-3-4-5-8-13-12(18)14-9(11(16)17)6-7-10(15)19-2/h3-4,9H,5-8H2,1-2H3,(H,16,17)(H2,13,14,18)/b4-3+/t9-/m1/s1. The van der Waals surface area contributed by atoms with Crippen molar-refractivity contribution in [3.63, 3.8) is 0 Å². The highest BCUT2D eigenvalue weighted by Crippen LogP contribution is 1.99. The third-order valence-corrected chi connectivity index (χ3v) is 2.30. The number of hydrogen-bond acceptors (Lipinski definition) is 4. The molecule has 108 valence electrons. The quantitative estimate of drug-likeness (QED) is 0.342. The van der Waals surface area contributed by atoms with E-state index in [0.29, 0.717) is 13.0 Å². The van der Waals surface area contributed by atoms with Gasteiger partial charge in [-0.1, -0.05) is 12.2 Å².